The van der Waals surface area contributed by atoms with E-state index in [1.807, 2.05) is 70.1 Å². The van der Waals surface area contributed by atoms with Crippen molar-refractivity contribution in [3.05, 3.63) is 91.0 Å². The molecule has 0 aliphatic rings. The number of nitrogens with one attached hydrogen (secondary N) is 1. The third-order valence-electron chi connectivity index (χ3n) is 4.96. The lowest BCUT2D eigenvalue weighted by molar-refractivity contribution is 0.0963. The van der Waals surface area contributed by atoms with Crippen molar-refractivity contribution in [2.75, 3.05) is 7.05 Å². The number of amides is 1. The number of carbonyl (C=O) groups excluding carboxylic acids is 1. The summed E-state index contributed by atoms with van der Waals surface area (Å²) in [4.78, 5) is 16.5. The molecule has 7 heteroatoms. The maximum Gasteiger partial charge on any atom is 0.251 e. The molecule has 0 aliphatic heterocycles. The highest BCUT2D eigenvalue weighted by atomic mass is 16.1. The van der Waals surface area contributed by atoms with E-state index in [1.165, 1.54) is 0 Å². The van der Waals surface area contributed by atoms with Crippen LogP contribution in [-0.2, 0) is 0 Å². The van der Waals surface area contributed by atoms with Crippen LogP contribution in [0.15, 0.2) is 85.5 Å². The summed E-state index contributed by atoms with van der Waals surface area (Å²) in [7, 11) is 1.62. The average molecular weight is 394 g/mol. The van der Waals surface area contributed by atoms with Gasteiger partial charge in [0.25, 0.3) is 5.91 Å². The van der Waals surface area contributed by atoms with Crippen molar-refractivity contribution in [1.29, 1.82) is 0 Å². The van der Waals surface area contributed by atoms with E-state index in [0.29, 0.717) is 5.56 Å². The van der Waals surface area contributed by atoms with Gasteiger partial charge in [-0.1, -0.05) is 24.3 Å². The number of benzene rings is 2. The first-order valence-electron chi connectivity index (χ1n) is 9.50. The zero-order valence-corrected chi connectivity index (χ0v) is 16.2. The lowest BCUT2D eigenvalue weighted by Gasteiger charge is -2.07. The Bertz CT molecular complexity index is 1350. The normalized spacial score (nSPS) is 11.0. The average Bonchev–Trinajstić information content (AvgIpc) is 3.48. The molecule has 3 heterocycles. The van der Waals surface area contributed by atoms with Gasteiger partial charge in [0.15, 0.2) is 5.65 Å². The zero-order chi connectivity index (χ0) is 20.5. The van der Waals surface area contributed by atoms with E-state index < -0.39 is 0 Å². The molecule has 0 unspecified atom stereocenters. The minimum atomic E-state index is -0.119. The van der Waals surface area contributed by atoms with Crippen molar-refractivity contribution < 1.29 is 4.79 Å². The standard InChI is InChI=1S/C23H18N6O/c1-24-23(30)18-7-2-5-16(11-18)19-13-22-25-15-21(29(22)27-14-19)17-6-3-8-20(12-17)28-10-4-9-26-28/h2-15H,1H3,(H,24,30). The number of rotatable bonds is 4. The van der Waals surface area contributed by atoms with Gasteiger partial charge in [0.1, 0.15) is 0 Å². The number of hydrogen-bond donors (Lipinski definition) is 1. The Morgan fingerprint density at radius 2 is 1.77 bits per heavy atom. The zero-order valence-electron chi connectivity index (χ0n) is 16.2. The first kappa shape index (κ1) is 17.8. The topological polar surface area (TPSA) is 77.1 Å². The van der Waals surface area contributed by atoms with E-state index in [2.05, 4.69) is 26.6 Å². The fraction of sp³-hybridized carbons (Fsp3) is 0.0435. The van der Waals surface area contributed by atoms with Crippen molar-refractivity contribution in [1.82, 2.24) is 29.7 Å². The predicted octanol–water partition coefficient (Wildman–Crippen LogP) is 3.61. The van der Waals surface area contributed by atoms with E-state index in [4.69, 9.17) is 0 Å². The number of hydrogen-bond acceptors (Lipinski definition) is 4. The summed E-state index contributed by atoms with van der Waals surface area (Å²) in [6.07, 6.45) is 7.27. The van der Waals surface area contributed by atoms with Gasteiger partial charge >= 0.3 is 0 Å². The SMILES string of the molecule is CNC(=O)c1cccc(-c2cnn3c(-c4cccc(-n5cccn5)c4)cnc3c2)c1. The van der Waals surface area contributed by atoms with Gasteiger partial charge in [0.05, 0.1) is 23.8 Å². The van der Waals surface area contributed by atoms with E-state index in [-0.39, 0.29) is 5.91 Å². The molecule has 0 saturated heterocycles. The lowest BCUT2D eigenvalue weighted by atomic mass is 10.0. The first-order chi connectivity index (χ1) is 14.7. The number of fused-ring (bicyclic) bond motifs is 1. The first-order valence-corrected chi connectivity index (χ1v) is 9.50. The summed E-state index contributed by atoms with van der Waals surface area (Å²) in [5.41, 5.74) is 6.01. The number of nitrogens with zero attached hydrogens (tertiary/aromatic N) is 5. The van der Waals surface area contributed by atoms with E-state index >= 15 is 0 Å². The summed E-state index contributed by atoms with van der Waals surface area (Å²) in [5.74, 6) is -0.119. The van der Waals surface area contributed by atoms with Gasteiger partial charge in [-0.15, -0.1) is 0 Å². The molecule has 0 bridgehead atoms. The second-order valence-electron chi connectivity index (χ2n) is 6.82. The summed E-state index contributed by atoms with van der Waals surface area (Å²) < 4.78 is 3.63. The molecule has 146 valence electrons. The Morgan fingerprint density at radius 1 is 0.900 bits per heavy atom. The van der Waals surface area contributed by atoms with Crippen molar-refractivity contribution in [3.63, 3.8) is 0 Å². The Kier molecular flexibility index (Phi) is 4.33. The largest absolute Gasteiger partial charge is 0.355 e. The second kappa shape index (κ2) is 7.29. The Hall–Kier alpha value is -4.26. The highest BCUT2D eigenvalue weighted by Gasteiger charge is 2.11. The molecule has 0 saturated carbocycles. The van der Waals surface area contributed by atoms with Crippen molar-refractivity contribution in [3.8, 4) is 28.1 Å². The quantitative estimate of drug-likeness (QED) is 0.505. The molecule has 1 amide bonds. The third kappa shape index (κ3) is 3.12. The van der Waals surface area contributed by atoms with Crippen molar-refractivity contribution >= 4 is 11.6 Å². The molecule has 3 aromatic heterocycles. The van der Waals surface area contributed by atoms with Crippen LogP contribution in [0.1, 0.15) is 10.4 Å². The van der Waals surface area contributed by atoms with Gasteiger partial charge in [0.2, 0.25) is 0 Å². The summed E-state index contributed by atoms with van der Waals surface area (Å²) in [6.45, 7) is 0. The van der Waals surface area contributed by atoms with E-state index in [9.17, 15) is 4.79 Å². The van der Waals surface area contributed by atoms with Crippen LogP contribution in [0.5, 0.6) is 0 Å². The van der Waals surface area contributed by atoms with E-state index in [1.54, 1.807) is 25.5 Å². The minimum absolute atomic E-state index is 0.119. The number of aromatic nitrogens is 5. The molecule has 30 heavy (non-hydrogen) atoms. The predicted molar refractivity (Wildman–Crippen MR) is 114 cm³/mol. The van der Waals surface area contributed by atoms with Gasteiger partial charge < -0.3 is 5.32 Å². The van der Waals surface area contributed by atoms with Crippen LogP contribution in [0.2, 0.25) is 0 Å². The summed E-state index contributed by atoms with van der Waals surface area (Å²) >= 11 is 0. The lowest BCUT2D eigenvalue weighted by Crippen LogP contribution is -2.17. The molecular weight excluding hydrogens is 376 g/mol. The molecule has 0 fully saturated rings. The van der Waals surface area contributed by atoms with Gasteiger partial charge in [-0.25, -0.2) is 14.2 Å². The minimum Gasteiger partial charge on any atom is -0.355 e. The molecule has 0 aliphatic carbocycles. The van der Waals surface area contributed by atoms with Crippen molar-refractivity contribution in [2.24, 2.45) is 0 Å². The maximum atomic E-state index is 11.9. The molecule has 7 nitrogen and oxygen atoms in total. The molecule has 0 spiro atoms. The maximum absolute atomic E-state index is 11.9. The van der Waals surface area contributed by atoms with Crippen LogP contribution in [-0.4, -0.2) is 37.3 Å². The van der Waals surface area contributed by atoms with E-state index in [0.717, 1.165) is 33.7 Å². The molecule has 1 N–H and O–H groups in total. The van der Waals surface area contributed by atoms with Gasteiger partial charge in [0, 0.05) is 36.1 Å². The molecular formula is C23H18N6O. The highest BCUT2D eigenvalue weighted by molar-refractivity contribution is 5.95. The fourth-order valence-corrected chi connectivity index (χ4v) is 3.44. The van der Waals surface area contributed by atoms with Crippen LogP contribution >= 0.6 is 0 Å². The van der Waals surface area contributed by atoms with Gasteiger partial charge in [-0.05, 0) is 42.0 Å². The second-order valence-corrected chi connectivity index (χ2v) is 6.82. The van der Waals surface area contributed by atoms with Crippen LogP contribution in [0.3, 0.4) is 0 Å². The molecule has 0 atom stereocenters. The number of carbonyl (C=O) groups is 1. The molecule has 5 aromatic rings. The number of imidazole rings is 1. The highest BCUT2D eigenvalue weighted by Crippen LogP contribution is 2.25. The summed E-state index contributed by atoms with van der Waals surface area (Å²) in [5, 5.41) is 11.6. The van der Waals surface area contributed by atoms with Crippen LogP contribution < -0.4 is 5.32 Å². The fourth-order valence-electron chi connectivity index (χ4n) is 3.44. The molecule has 5 rings (SSSR count). The Morgan fingerprint density at radius 3 is 2.60 bits per heavy atom. The third-order valence-corrected chi connectivity index (χ3v) is 4.96. The smallest absolute Gasteiger partial charge is 0.251 e. The van der Waals surface area contributed by atoms with Crippen LogP contribution in [0.25, 0.3) is 33.7 Å². The summed E-state index contributed by atoms with van der Waals surface area (Å²) in [6, 6.07) is 19.4. The Labute approximate surface area is 172 Å². The van der Waals surface area contributed by atoms with Crippen LogP contribution in [0, 0.1) is 0 Å². The monoisotopic (exact) mass is 394 g/mol. The Balaban J connectivity index is 1.54. The van der Waals surface area contributed by atoms with Gasteiger partial charge in [-0.2, -0.15) is 10.2 Å². The molecule has 2 aromatic carbocycles. The van der Waals surface area contributed by atoms with Crippen molar-refractivity contribution in [2.45, 2.75) is 0 Å². The molecule has 0 radical (unpaired) electrons. The van der Waals surface area contributed by atoms with Gasteiger partial charge in [-0.3, -0.25) is 4.79 Å². The van der Waals surface area contributed by atoms with Crippen LogP contribution in [0.4, 0.5) is 0 Å².